The van der Waals surface area contributed by atoms with Gasteiger partial charge >= 0.3 is 0 Å². The predicted octanol–water partition coefficient (Wildman–Crippen LogP) is 3.83. The smallest absolute Gasteiger partial charge is 0.159 e. The van der Waals surface area contributed by atoms with Crippen molar-refractivity contribution in [3.05, 3.63) is 71.3 Å². The number of likely N-dealkylation sites (N-methyl/N-ethyl adjacent to an activating group) is 1. The van der Waals surface area contributed by atoms with E-state index < -0.39 is 11.6 Å². The molecule has 1 saturated carbocycles. The van der Waals surface area contributed by atoms with Crippen molar-refractivity contribution in [1.29, 1.82) is 0 Å². The van der Waals surface area contributed by atoms with Gasteiger partial charge in [0.2, 0.25) is 0 Å². The van der Waals surface area contributed by atoms with Crippen molar-refractivity contribution in [1.82, 2.24) is 5.32 Å². The van der Waals surface area contributed by atoms with Crippen LogP contribution in [-0.4, -0.2) is 13.1 Å². The summed E-state index contributed by atoms with van der Waals surface area (Å²) in [4.78, 5) is 0. The molecule has 2 aromatic carbocycles. The highest BCUT2D eigenvalue weighted by atomic mass is 19.2. The van der Waals surface area contributed by atoms with Crippen LogP contribution >= 0.6 is 0 Å². The van der Waals surface area contributed by atoms with Gasteiger partial charge in [-0.05, 0) is 49.6 Å². The number of benzene rings is 2. The van der Waals surface area contributed by atoms with Crippen molar-refractivity contribution in [3.8, 4) is 0 Å². The van der Waals surface area contributed by atoms with Gasteiger partial charge in [0.15, 0.2) is 11.6 Å². The maximum absolute atomic E-state index is 13.4. The van der Waals surface area contributed by atoms with E-state index >= 15 is 0 Å². The molecule has 3 rings (SSSR count). The van der Waals surface area contributed by atoms with Crippen LogP contribution in [0, 0.1) is 11.6 Å². The van der Waals surface area contributed by atoms with Crippen LogP contribution in [0.2, 0.25) is 0 Å². The summed E-state index contributed by atoms with van der Waals surface area (Å²) in [6.07, 6.45) is 2.96. The van der Waals surface area contributed by atoms with Gasteiger partial charge < -0.3 is 5.32 Å². The van der Waals surface area contributed by atoms with Crippen molar-refractivity contribution in [2.24, 2.45) is 0 Å². The second-order valence-electron chi connectivity index (χ2n) is 5.82. The normalized spacial score (nSPS) is 17.5. The molecule has 0 amide bonds. The summed E-state index contributed by atoms with van der Waals surface area (Å²) in [6.45, 7) is 0. The Morgan fingerprint density at radius 2 is 1.76 bits per heavy atom. The highest BCUT2D eigenvalue weighted by Gasteiger charge is 2.49. The predicted molar refractivity (Wildman–Crippen MR) is 80.3 cm³/mol. The first-order valence-corrected chi connectivity index (χ1v) is 7.32. The Labute approximate surface area is 124 Å². The second kappa shape index (κ2) is 5.57. The number of hydrogen-bond donors (Lipinski definition) is 1. The van der Waals surface area contributed by atoms with E-state index in [-0.39, 0.29) is 11.5 Å². The van der Waals surface area contributed by atoms with Gasteiger partial charge in [-0.25, -0.2) is 8.78 Å². The largest absolute Gasteiger partial charge is 0.316 e. The lowest BCUT2D eigenvalue weighted by Crippen LogP contribution is -2.39. The molecule has 0 heterocycles. The first-order chi connectivity index (χ1) is 10.2. The van der Waals surface area contributed by atoms with Crippen LogP contribution in [0.3, 0.4) is 0 Å². The molecule has 0 spiro atoms. The van der Waals surface area contributed by atoms with Crippen LogP contribution in [0.4, 0.5) is 8.78 Å². The van der Waals surface area contributed by atoms with Gasteiger partial charge in [-0.3, -0.25) is 0 Å². The van der Waals surface area contributed by atoms with Crippen molar-refractivity contribution in [2.75, 3.05) is 7.05 Å². The van der Waals surface area contributed by atoms with E-state index in [0.717, 1.165) is 18.4 Å². The first-order valence-electron chi connectivity index (χ1n) is 7.32. The fraction of sp³-hybridized carbons (Fsp3) is 0.333. The zero-order valence-electron chi connectivity index (χ0n) is 12.1. The molecule has 1 N–H and O–H groups in total. The fourth-order valence-corrected chi connectivity index (χ4v) is 3.22. The summed E-state index contributed by atoms with van der Waals surface area (Å²) in [7, 11) is 1.94. The zero-order chi connectivity index (χ0) is 14.9. The zero-order valence-corrected chi connectivity index (χ0v) is 12.1. The number of hydrogen-bond acceptors (Lipinski definition) is 1. The maximum Gasteiger partial charge on any atom is 0.159 e. The van der Waals surface area contributed by atoms with Gasteiger partial charge in [0, 0.05) is 11.5 Å². The van der Waals surface area contributed by atoms with Gasteiger partial charge in [-0.15, -0.1) is 0 Å². The Morgan fingerprint density at radius 3 is 2.33 bits per heavy atom. The van der Waals surface area contributed by atoms with Crippen LogP contribution < -0.4 is 5.32 Å². The van der Waals surface area contributed by atoms with Crippen LogP contribution in [0.5, 0.6) is 0 Å². The van der Waals surface area contributed by atoms with Gasteiger partial charge in [-0.2, -0.15) is 0 Å². The second-order valence-corrected chi connectivity index (χ2v) is 5.82. The van der Waals surface area contributed by atoms with E-state index in [4.69, 9.17) is 0 Å². The molecular weight excluding hydrogens is 268 g/mol. The Morgan fingerprint density at radius 1 is 1.05 bits per heavy atom. The summed E-state index contributed by atoms with van der Waals surface area (Å²) in [6, 6.07) is 14.8. The van der Waals surface area contributed by atoms with Crippen molar-refractivity contribution < 1.29 is 8.78 Å². The summed E-state index contributed by atoms with van der Waals surface area (Å²) >= 11 is 0. The summed E-state index contributed by atoms with van der Waals surface area (Å²) in [5.41, 5.74) is 2.28. The number of halogens is 2. The van der Waals surface area contributed by atoms with Gasteiger partial charge in [0.05, 0.1) is 0 Å². The average molecular weight is 287 g/mol. The monoisotopic (exact) mass is 287 g/mol. The molecule has 0 aromatic heterocycles. The molecule has 110 valence electrons. The Kier molecular flexibility index (Phi) is 3.77. The Balaban J connectivity index is 1.84. The fourth-order valence-electron chi connectivity index (χ4n) is 3.22. The molecule has 1 nitrogen and oxygen atoms in total. The number of nitrogens with one attached hydrogen (secondary N) is 1. The van der Waals surface area contributed by atoms with E-state index in [1.54, 1.807) is 6.07 Å². The van der Waals surface area contributed by atoms with Crippen LogP contribution in [-0.2, 0) is 11.8 Å². The SMILES string of the molecule is CNC(Cc1ccc(F)c(F)c1)C1(c2ccccc2)CC1. The maximum atomic E-state index is 13.4. The molecule has 0 bridgehead atoms. The third-order valence-electron chi connectivity index (χ3n) is 4.58. The third kappa shape index (κ3) is 2.70. The molecule has 1 unspecified atom stereocenters. The third-order valence-corrected chi connectivity index (χ3v) is 4.58. The standard InChI is InChI=1S/C18H19F2N/c1-21-17(12-13-7-8-15(19)16(20)11-13)18(9-10-18)14-5-3-2-4-6-14/h2-8,11,17,21H,9-10,12H2,1H3. The lowest BCUT2D eigenvalue weighted by molar-refractivity contribution is 0.440. The Bertz CT molecular complexity index is 620. The van der Waals surface area contributed by atoms with E-state index in [1.165, 1.54) is 17.7 Å². The van der Waals surface area contributed by atoms with E-state index in [1.807, 2.05) is 13.1 Å². The molecule has 3 heteroatoms. The molecule has 0 saturated heterocycles. The minimum absolute atomic E-state index is 0.126. The average Bonchev–Trinajstić information content (AvgIpc) is 3.31. The summed E-state index contributed by atoms with van der Waals surface area (Å²) < 4.78 is 26.4. The van der Waals surface area contributed by atoms with Crippen molar-refractivity contribution in [3.63, 3.8) is 0 Å². The van der Waals surface area contributed by atoms with E-state index in [0.29, 0.717) is 6.42 Å². The minimum atomic E-state index is -0.788. The molecule has 0 radical (unpaired) electrons. The highest BCUT2D eigenvalue weighted by Crippen LogP contribution is 2.51. The minimum Gasteiger partial charge on any atom is -0.316 e. The van der Waals surface area contributed by atoms with Gasteiger partial charge in [-0.1, -0.05) is 36.4 Å². The molecule has 1 aliphatic rings. The number of rotatable bonds is 5. The summed E-state index contributed by atoms with van der Waals surface area (Å²) in [5, 5.41) is 3.37. The Hall–Kier alpha value is -1.74. The van der Waals surface area contributed by atoms with Gasteiger partial charge in [0.1, 0.15) is 0 Å². The highest BCUT2D eigenvalue weighted by molar-refractivity contribution is 5.35. The molecule has 2 aromatic rings. The van der Waals surface area contributed by atoms with Crippen LogP contribution in [0.1, 0.15) is 24.0 Å². The molecule has 0 aliphatic heterocycles. The molecule has 1 atom stereocenters. The van der Waals surface area contributed by atoms with Crippen LogP contribution in [0.25, 0.3) is 0 Å². The molecular formula is C18H19F2N. The van der Waals surface area contributed by atoms with Gasteiger partial charge in [0.25, 0.3) is 0 Å². The van der Waals surface area contributed by atoms with Crippen LogP contribution in [0.15, 0.2) is 48.5 Å². The van der Waals surface area contributed by atoms with E-state index in [2.05, 4.69) is 29.6 Å². The topological polar surface area (TPSA) is 12.0 Å². The quantitative estimate of drug-likeness (QED) is 0.881. The van der Waals surface area contributed by atoms with E-state index in [9.17, 15) is 8.78 Å². The lowest BCUT2D eigenvalue weighted by atomic mass is 9.84. The first kappa shape index (κ1) is 14.2. The lowest BCUT2D eigenvalue weighted by Gasteiger charge is -2.27. The molecule has 1 aliphatic carbocycles. The molecule has 21 heavy (non-hydrogen) atoms. The molecule has 1 fully saturated rings. The van der Waals surface area contributed by atoms with Crippen molar-refractivity contribution >= 4 is 0 Å². The summed E-state index contributed by atoms with van der Waals surface area (Å²) in [5.74, 6) is -1.56. The van der Waals surface area contributed by atoms with Crippen molar-refractivity contribution in [2.45, 2.75) is 30.7 Å².